The minimum atomic E-state index is 0.376. The number of benzene rings is 2. The van der Waals surface area contributed by atoms with Crippen LogP contribution in [0.15, 0.2) is 42.5 Å². The quantitative estimate of drug-likeness (QED) is 0.802. The summed E-state index contributed by atoms with van der Waals surface area (Å²) in [5.74, 6) is 0.742. The van der Waals surface area contributed by atoms with Gasteiger partial charge in [0.15, 0.2) is 0 Å². The average molecular weight is 234 g/mol. The highest BCUT2D eigenvalue weighted by Crippen LogP contribution is 2.30. The molecule has 86 valence electrons. The summed E-state index contributed by atoms with van der Waals surface area (Å²) < 4.78 is 5.28. The molecular weight excluding hydrogens is 224 g/mol. The number of rotatable bonds is 2. The molecule has 2 rings (SSSR count). The van der Waals surface area contributed by atoms with Crippen LogP contribution in [0, 0.1) is 22.7 Å². The summed E-state index contributed by atoms with van der Waals surface area (Å²) in [4.78, 5) is 0. The van der Waals surface area contributed by atoms with Crippen LogP contribution in [-0.2, 0) is 0 Å². The smallest absolute Gasteiger partial charge is 0.126 e. The van der Waals surface area contributed by atoms with Crippen molar-refractivity contribution in [2.24, 2.45) is 0 Å². The second-order valence-corrected chi connectivity index (χ2v) is 3.68. The topological polar surface area (TPSA) is 56.8 Å². The fourth-order valence-corrected chi connectivity index (χ4v) is 1.78. The normalized spacial score (nSPS) is 9.28. The molecule has 0 atom stereocenters. The molecule has 3 heteroatoms. The van der Waals surface area contributed by atoms with Gasteiger partial charge in [0.25, 0.3) is 0 Å². The lowest BCUT2D eigenvalue weighted by Gasteiger charge is -2.08. The summed E-state index contributed by atoms with van der Waals surface area (Å²) >= 11 is 0. The van der Waals surface area contributed by atoms with Crippen molar-refractivity contribution in [1.29, 1.82) is 10.5 Å². The Kier molecular flexibility index (Phi) is 3.27. The van der Waals surface area contributed by atoms with Gasteiger partial charge in [-0.1, -0.05) is 24.3 Å². The van der Waals surface area contributed by atoms with Crippen molar-refractivity contribution >= 4 is 0 Å². The molecule has 0 bridgehead atoms. The van der Waals surface area contributed by atoms with Crippen LogP contribution in [0.5, 0.6) is 5.75 Å². The zero-order valence-electron chi connectivity index (χ0n) is 9.84. The molecule has 0 aliphatic carbocycles. The van der Waals surface area contributed by atoms with Crippen molar-refractivity contribution < 1.29 is 4.74 Å². The predicted molar refractivity (Wildman–Crippen MR) is 67.9 cm³/mol. The Labute approximate surface area is 105 Å². The Morgan fingerprint density at radius 1 is 0.944 bits per heavy atom. The predicted octanol–water partition coefficient (Wildman–Crippen LogP) is 3.11. The van der Waals surface area contributed by atoms with Crippen molar-refractivity contribution in [3.8, 4) is 29.0 Å². The van der Waals surface area contributed by atoms with Gasteiger partial charge in [-0.15, -0.1) is 0 Å². The molecule has 0 unspecified atom stereocenters. The third-order valence-electron chi connectivity index (χ3n) is 2.68. The van der Waals surface area contributed by atoms with Gasteiger partial charge in [0.1, 0.15) is 17.9 Å². The van der Waals surface area contributed by atoms with Crippen LogP contribution in [0.4, 0.5) is 0 Å². The molecule has 0 spiro atoms. The molecule has 2 aromatic rings. The van der Waals surface area contributed by atoms with Gasteiger partial charge >= 0.3 is 0 Å². The fraction of sp³-hybridized carbons (Fsp3) is 0.0667. The van der Waals surface area contributed by atoms with Crippen LogP contribution in [0.3, 0.4) is 0 Å². The van der Waals surface area contributed by atoms with E-state index in [-0.39, 0.29) is 0 Å². The number of hydrogen-bond acceptors (Lipinski definition) is 3. The van der Waals surface area contributed by atoms with E-state index in [0.717, 1.165) is 16.9 Å². The summed E-state index contributed by atoms with van der Waals surface area (Å²) in [6.45, 7) is 0. The Hall–Kier alpha value is -2.78. The van der Waals surface area contributed by atoms with Crippen molar-refractivity contribution in [1.82, 2.24) is 0 Å². The maximum atomic E-state index is 9.02. The summed E-state index contributed by atoms with van der Waals surface area (Å²) in [5.41, 5.74) is 2.53. The van der Waals surface area contributed by atoms with Crippen molar-refractivity contribution in [3.63, 3.8) is 0 Å². The van der Waals surface area contributed by atoms with Crippen molar-refractivity contribution in [2.75, 3.05) is 7.11 Å². The molecule has 0 radical (unpaired) electrons. The fourth-order valence-electron chi connectivity index (χ4n) is 1.78. The molecular formula is C15H10N2O. The van der Waals surface area contributed by atoms with Gasteiger partial charge in [-0.25, -0.2) is 0 Å². The summed E-state index contributed by atoms with van der Waals surface area (Å²) in [6.07, 6.45) is 0. The van der Waals surface area contributed by atoms with E-state index >= 15 is 0 Å². The van der Waals surface area contributed by atoms with Crippen LogP contribution in [0.1, 0.15) is 11.1 Å². The van der Waals surface area contributed by atoms with Gasteiger partial charge in [-0.3, -0.25) is 0 Å². The summed E-state index contributed by atoms with van der Waals surface area (Å²) in [5, 5.41) is 17.9. The van der Waals surface area contributed by atoms with Gasteiger partial charge in [0.05, 0.1) is 18.2 Å². The van der Waals surface area contributed by atoms with Crippen LogP contribution in [0.2, 0.25) is 0 Å². The summed E-state index contributed by atoms with van der Waals surface area (Å²) in [7, 11) is 1.60. The average Bonchev–Trinajstić information content (AvgIpc) is 2.46. The van der Waals surface area contributed by atoms with Crippen LogP contribution in [-0.4, -0.2) is 7.11 Å². The monoisotopic (exact) mass is 234 g/mol. The molecule has 0 heterocycles. The molecule has 0 fully saturated rings. The van der Waals surface area contributed by atoms with E-state index in [0.29, 0.717) is 11.1 Å². The van der Waals surface area contributed by atoms with Crippen LogP contribution < -0.4 is 4.74 Å². The largest absolute Gasteiger partial charge is 0.496 e. The van der Waals surface area contributed by atoms with Crippen LogP contribution in [0.25, 0.3) is 11.1 Å². The first-order chi connectivity index (χ1) is 8.80. The summed E-state index contributed by atoms with van der Waals surface area (Å²) in [6, 6.07) is 16.8. The highest BCUT2D eigenvalue weighted by Gasteiger charge is 2.08. The van der Waals surface area contributed by atoms with Gasteiger partial charge in [0.2, 0.25) is 0 Å². The van der Waals surface area contributed by atoms with E-state index in [1.54, 1.807) is 19.2 Å². The van der Waals surface area contributed by atoms with Gasteiger partial charge in [-0.2, -0.15) is 10.5 Å². The lowest BCUT2D eigenvalue weighted by Crippen LogP contribution is -1.89. The highest BCUT2D eigenvalue weighted by atomic mass is 16.5. The second kappa shape index (κ2) is 5.03. The Balaban J connectivity index is 2.60. The standard InChI is InChI=1S/C15H10N2O/c1-18-15-5-3-2-4-14(15)11-6-7-12(9-16)13(8-11)10-17/h2-8H,1H3. The maximum Gasteiger partial charge on any atom is 0.126 e. The number of para-hydroxylation sites is 1. The molecule has 0 aromatic heterocycles. The first-order valence-electron chi connectivity index (χ1n) is 5.37. The number of ether oxygens (including phenoxy) is 1. The minimum Gasteiger partial charge on any atom is -0.496 e. The molecule has 3 nitrogen and oxygen atoms in total. The number of nitrogens with zero attached hydrogens (tertiary/aromatic N) is 2. The van der Waals surface area contributed by atoms with Gasteiger partial charge in [0, 0.05) is 5.56 Å². The highest BCUT2D eigenvalue weighted by molar-refractivity contribution is 5.72. The van der Waals surface area contributed by atoms with E-state index in [9.17, 15) is 0 Å². The van der Waals surface area contributed by atoms with E-state index < -0.39 is 0 Å². The third kappa shape index (κ3) is 2.03. The molecule has 0 amide bonds. The first kappa shape index (κ1) is 11.7. The molecule has 0 aliphatic heterocycles. The van der Waals surface area contributed by atoms with Crippen molar-refractivity contribution in [3.05, 3.63) is 53.6 Å². The van der Waals surface area contributed by atoms with E-state index in [1.165, 1.54) is 0 Å². The van der Waals surface area contributed by atoms with Crippen molar-refractivity contribution in [2.45, 2.75) is 0 Å². The van der Waals surface area contributed by atoms with E-state index in [2.05, 4.69) is 0 Å². The van der Waals surface area contributed by atoms with Gasteiger partial charge in [-0.05, 0) is 23.8 Å². The molecule has 18 heavy (non-hydrogen) atoms. The Morgan fingerprint density at radius 3 is 2.33 bits per heavy atom. The number of hydrogen-bond donors (Lipinski definition) is 0. The third-order valence-corrected chi connectivity index (χ3v) is 2.68. The Bertz CT molecular complexity index is 663. The zero-order valence-corrected chi connectivity index (χ0v) is 9.84. The van der Waals surface area contributed by atoms with E-state index in [1.807, 2.05) is 42.5 Å². The van der Waals surface area contributed by atoms with Crippen LogP contribution >= 0.6 is 0 Å². The Morgan fingerprint density at radius 2 is 1.67 bits per heavy atom. The van der Waals surface area contributed by atoms with E-state index in [4.69, 9.17) is 15.3 Å². The molecule has 0 saturated carbocycles. The molecule has 0 aliphatic rings. The molecule has 2 aromatic carbocycles. The number of nitriles is 2. The zero-order chi connectivity index (χ0) is 13.0. The maximum absolute atomic E-state index is 9.02. The molecule has 0 N–H and O–H groups in total. The number of methoxy groups -OCH3 is 1. The lowest BCUT2D eigenvalue weighted by molar-refractivity contribution is 0.416. The lowest BCUT2D eigenvalue weighted by atomic mass is 9.99. The minimum absolute atomic E-state index is 0.376. The second-order valence-electron chi connectivity index (χ2n) is 3.68. The SMILES string of the molecule is COc1ccccc1-c1ccc(C#N)c(C#N)c1. The van der Waals surface area contributed by atoms with Gasteiger partial charge < -0.3 is 4.74 Å². The molecule has 0 saturated heterocycles. The first-order valence-corrected chi connectivity index (χ1v) is 5.37.